The van der Waals surface area contributed by atoms with Crippen molar-refractivity contribution < 1.29 is 18.3 Å². The number of benzene rings is 2. The first kappa shape index (κ1) is 15.3. The molecule has 2 N–H and O–H groups in total. The number of nitrogens with one attached hydrogen (secondary N) is 1. The number of carboxylic acid groups (broad SMARTS) is 1. The first-order chi connectivity index (χ1) is 9.79. The molecule has 5 nitrogen and oxygen atoms in total. The molecule has 0 aromatic heterocycles. The van der Waals surface area contributed by atoms with Gasteiger partial charge in [0.15, 0.2) is 0 Å². The Balaban J connectivity index is 2.41. The summed E-state index contributed by atoms with van der Waals surface area (Å²) in [6.45, 7) is 1.68. The van der Waals surface area contributed by atoms with Crippen LogP contribution in [0.4, 0.5) is 5.69 Å². The third-order valence-corrected chi connectivity index (χ3v) is 4.43. The lowest BCUT2D eigenvalue weighted by Crippen LogP contribution is -2.14. The number of aryl methyl sites for hydroxylation is 1. The topological polar surface area (TPSA) is 83.5 Å². The van der Waals surface area contributed by atoms with Crippen molar-refractivity contribution in [2.75, 3.05) is 4.72 Å². The Morgan fingerprint density at radius 1 is 1.19 bits per heavy atom. The molecule has 110 valence electrons. The number of rotatable bonds is 4. The lowest BCUT2D eigenvalue weighted by molar-refractivity contribution is 0.0697. The molecule has 0 spiro atoms. The molecule has 2 aromatic carbocycles. The Kier molecular flexibility index (Phi) is 4.20. The van der Waals surface area contributed by atoms with Crippen molar-refractivity contribution in [3.8, 4) is 0 Å². The maximum absolute atomic E-state index is 12.3. The average Bonchev–Trinajstić information content (AvgIpc) is 2.41. The molecule has 0 heterocycles. The van der Waals surface area contributed by atoms with Gasteiger partial charge in [0, 0.05) is 5.02 Å². The van der Waals surface area contributed by atoms with Crippen molar-refractivity contribution in [3.05, 3.63) is 58.6 Å². The van der Waals surface area contributed by atoms with E-state index in [-0.39, 0.29) is 16.1 Å². The molecule has 0 amide bonds. The van der Waals surface area contributed by atoms with Crippen LogP contribution in [0.5, 0.6) is 0 Å². The van der Waals surface area contributed by atoms with Gasteiger partial charge in [-0.3, -0.25) is 4.72 Å². The second kappa shape index (κ2) is 5.75. The molecule has 0 aliphatic heterocycles. The van der Waals surface area contributed by atoms with E-state index in [0.717, 1.165) is 0 Å². The van der Waals surface area contributed by atoms with E-state index >= 15 is 0 Å². The maximum Gasteiger partial charge on any atom is 0.335 e. The molecule has 0 fully saturated rings. The zero-order chi connectivity index (χ0) is 15.6. The molecule has 2 aromatic rings. The van der Waals surface area contributed by atoms with Crippen LogP contribution in [0.2, 0.25) is 5.02 Å². The van der Waals surface area contributed by atoms with Gasteiger partial charge in [0.2, 0.25) is 0 Å². The van der Waals surface area contributed by atoms with Crippen molar-refractivity contribution in [1.29, 1.82) is 0 Å². The average molecular weight is 326 g/mol. The predicted molar refractivity (Wildman–Crippen MR) is 80.4 cm³/mol. The fourth-order valence-corrected chi connectivity index (χ4v) is 3.12. The van der Waals surface area contributed by atoms with Crippen molar-refractivity contribution in [1.82, 2.24) is 0 Å². The second-order valence-electron chi connectivity index (χ2n) is 4.40. The number of hydrogen-bond donors (Lipinski definition) is 2. The molecular weight excluding hydrogens is 314 g/mol. The van der Waals surface area contributed by atoms with Gasteiger partial charge >= 0.3 is 5.97 Å². The summed E-state index contributed by atoms with van der Waals surface area (Å²) in [5.74, 6) is -1.13. The van der Waals surface area contributed by atoms with Gasteiger partial charge in [-0.15, -0.1) is 0 Å². The molecule has 21 heavy (non-hydrogen) atoms. The van der Waals surface area contributed by atoms with Crippen molar-refractivity contribution >= 4 is 33.3 Å². The minimum Gasteiger partial charge on any atom is -0.478 e. The van der Waals surface area contributed by atoms with Gasteiger partial charge in [-0.25, -0.2) is 13.2 Å². The van der Waals surface area contributed by atoms with Gasteiger partial charge < -0.3 is 5.11 Å². The van der Waals surface area contributed by atoms with Gasteiger partial charge in [-0.05, 0) is 42.8 Å². The zero-order valence-corrected chi connectivity index (χ0v) is 12.6. The number of halogens is 1. The zero-order valence-electron chi connectivity index (χ0n) is 11.0. The third-order valence-electron chi connectivity index (χ3n) is 2.84. The van der Waals surface area contributed by atoms with Crippen molar-refractivity contribution in [3.63, 3.8) is 0 Å². The Morgan fingerprint density at radius 3 is 2.52 bits per heavy atom. The van der Waals surface area contributed by atoms with Crippen molar-refractivity contribution in [2.45, 2.75) is 11.8 Å². The summed E-state index contributed by atoms with van der Waals surface area (Å²) in [6, 6.07) is 10.0. The molecular formula is C14H12ClNO4S. The van der Waals surface area contributed by atoms with E-state index in [9.17, 15) is 13.2 Å². The molecule has 0 saturated carbocycles. The van der Waals surface area contributed by atoms with Crippen LogP contribution >= 0.6 is 11.6 Å². The van der Waals surface area contributed by atoms with E-state index in [1.165, 1.54) is 30.3 Å². The van der Waals surface area contributed by atoms with E-state index in [1.807, 2.05) is 0 Å². The first-order valence-electron chi connectivity index (χ1n) is 5.92. The highest BCUT2D eigenvalue weighted by molar-refractivity contribution is 7.92. The molecule has 0 saturated heterocycles. The largest absolute Gasteiger partial charge is 0.478 e. The standard InChI is InChI=1S/C14H12ClNO4S/c1-9-5-6-10(14(17)18)7-13(9)16-21(19,20)12-4-2-3-11(15)8-12/h2-8,16H,1H3,(H,17,18). The molecule has 0 aliphatic rings. The summed E-state index contributed by atoms with van der Waals surface area (Å²) in [5, 5.41) is 9.26. The monoisotopic (exact) mass is 325 g/mol. The SMILES string of the molecule is Cc1ccc(C(=O)O)cc1NS(=O)(=O)c1cccc(Cl)c1. The maximum atomic E-state index is 12.3. The highest BCUT2D eigenvalue weighted by atomic mass is 35.5. The van der Waals surface area contributed by atoms with Gasteiger partial charge in [-0.2, -0.15) is 0 Å². The predicted octanol–water partition coefficient (Wildman–Crippen LogP) is 3.15. The fourth-order valence-electron chi connectivity index (χ4n) is 1.70. The number of sulfonamides is 1. The van der Waals surface area contributed by atoms with Gasteiger partial charge in [0.25, 0.3) is 10.0 Å². The lowest BCUT2D eigenvalue weighted by atomic mass is 10.1. The highest BCUT2D eigenvalue weighted by Gasteiger charge is 2.16. The Morgan fingerprint density at radius 2 is 1.90 bits per heavy atom. The van der Waals surface area contributed by atoms with Crippen LogP contribution in [0.3, 0.4) is 0 Å². The van der Waals surface area contributed by atoms with Crippen LogP contribution in [-0.2, 0) is 10.0 Å². The lowest BCUT2D eigenvalue weighted by Gasteiger charge is -2.11. The van der Waals surface area contributed by atoms with Crippen LogP contribution < -0.4 is 4.72 Å². The molecule has 0 radical (unpaired) electrons. The van der Waals surface area contributed by atoms with Crippen LogP contribution in [0, 0.1) is 6.92 Å². The van der Waals surface area contributed by atoms with Gasteiger partial charge in [0.05, 0.1) is 16.1 Å². The van der Waals surface area contributed by atoms with Crippen molar-refractivity contribution in [2.24, 2.45) is 0 Å². The molecule has 0 unspecified atom stereocenters. The van der Waals surface area contributed by atoms with Crippen LogP contribution in [0.25, 0.3) is 0 Å². The number of aromatic carboxylic acids is 1. The Hall–Kier alpha value is -2.05. The summed E-state index contributed by atoms with van der Waals surface area (Å²) < 4.78 is 26.9. The molecule has 0 atom stereocenters. The first-order valence-corrected chi connectivity index (χ1v) is 7.78. The summed E-state index contributed by atoms with van der Waals surface area (Å²) in [4.78, 5) is 11.0. The number of carbonyl (C=O) groups is 1. The van der Waals surface area contributed by atoms with E-state index < -0.39 is 16.0 Å². The summed E-state index contributed by atoms with van der Waals surface area (Å²) >= 11 is 5.78. The summed E-state index contributed by atoms with van der Waals surface area (Å²) in [7, 11) is -3.83. The minimum absolute atomic E-state index is 0.00407. The van der Waals surface area contributed by atoms with Crippen LogP contribution in [-0.4, -0.2) is 19.5 Å². The van der Waals surface area contributed by atoms with E-state index in [2.05, 4.69) is 4.72 Å². The number of hydrogen-bond acceptors (Lipinski definition) is 3. The molecule has 7 heteroatoms. The van der Waals surface area contributed by atoms with Gasteiger partial charge in [0.1, 0.15) is 0 Å². The van der Waals surface area contributed by atoms with Gasteiger partial charge in [-0.1, -0.05) is 23.7 Å². The smallest absolute Gasteiger partial charge is 0.335 e. The third kappa shape index (κ3) is 3.53. The van der Waals surface area contributed by atoms with Crippen LogP contribution in [0.15, 0.2) is 47.4 Å². The minimum atomic E-state index is -3.83. The Bertz CT molecular complexity index is 802. The summed E-state index contributed by atoms with van der Waals surface area (Å²) in [5.41, 5.74) is 0.838. The highest BCUT2D eigenvalue weighted by Crippen LogP contribution is 2.22. The second-order valence-corrected chi connectivity index (χ2v) is 6.52. The fraction of sp³-hybridized carbons (Fsp3) is 0.0714. The molecule has 2 rings (SSSR count). The van der Waals surface area contributed by atoms with E-state index in [4.69, 9.17) is 16.7 Å². The number of anilines is 1. The summed E-state index contributed by atoms with van der Waals surface area (Å²) in [6.07, 6.45) is 0. The van der Waals surface area contributed by atoms with E-state index in [1.54, 1.807) is 19.1 Å². The molecule has 0 aliphatic carbocycles. The Labute approximate surface area is 127 Å². The normalized spacial score (nSPS) is 11.1. The molecule has 0 bridgehead atoms. The van der Waals surface area contributed by atoms with E-state index in [0.29, 0.717) is 10.6 Å². The van der Waals surface area contributed by atoms with Crippen LogP contribution in [0.1, 0.15) is 15.9 Å². The quantitative estimate of drug-likeness (QED) is 0.904. The number of carboxylic acids is 1.